The van der Waals surface area contributed by atoms with Gasteiger partial charge in [0.05, 0.1) is 35.6 Å². The average Bonchev–Trinajstić information content (AvgIpc) is 2.88. The molecule has 1 saturated heterocycles. The number of carbonyl (C=O) groups excluding carboxylic acids is 3. The van der Waals surface area contributed by atoms with Crippen molar-refractivity contribution >= 4 is 45.5 Å². The Bertz CT molecular complexity index is 676. The molecule has 1 amide bonds. The van der Waals surface area contributed by atoms with Crippen LogP contribution in [0.25, 0.3) is 0 Å². The van der Waals surface area contributed by atoms with Crippen LogP contribution in [0.2, 0.25) is 0 Å². The smallest absolute Gasteiger partial charge is 0.338 e. The molecule has 0 saturated carbocycles. The Balaban J connectivity index is 1.91. The van der Waals surface area contributed by atoms with E-state index in [9.17, 15) is 14.4 Å². The van der Waals surface area contributed by atoms with Gasteiger partial charge < -0.3 is 14.4 Å². The molecular formula is C16H16BrNO5S. The van der Waals surface area contributed by atoms with Gasteiger partial charge in [0.15, 0.2) is 0 Å². The molecule has 1 heterocycles. The van der Waals surface area contributed by atoms with E-state index in [1.165, 1.54) is 22.7 Å². The molecule has 0 unspecified atom stereocenters. The number of rotatable bonds is 6. The van der Waals surface area contributed by atoms with E-state index in [4.69, 9.17) is 9.47 Å². The van der Waals surface area contributed by atoms with Crippen molar-refractivity contribution in [1.82, 2.24) is 4.90 Å². The first-order chi connectivity index (χ1) is 11.5. The third kappa shape index (κ3) is 5.10. The van der Waals surface area contributed by atoms with Gasteiger partial charge in [0, 0.05) is 4.47 Å². The summed E-state index contributed by atoms with van der Waals surface area (Å²) in [7, 11) is 0. The van der Waals surface area contributed by atoms with Crippen molar-refractivity contribution in [2.45, 2.75) is 6.92 Å². The third-order valence-corrected chi connectivity index (χ3v) is 4.57. The largest absolute Gasteiger partial charge is 0.463 e. The summed E-state index contributed by atoms with van der Waals surface area (Å²) in [5.41, 5.74) is 0.425. The van der Waals surface area contributed by atoms with Crippen molar-refractivity contribution in [2.24, 2.45) is 0 Å². The molecule has 6 nitrogen and oxygen atoms in total. The minimum Gasteiger partial charge on any atom is -0.463 e. The van der Waals surface area contributed by atoms with Crippen LogP contribution in [0.5, 0.6) is 0 Å². The van der Waals surface area contributed by atoms with Gasteiger partial charge in [0.25, 0.3) is 0 Å². The van der Waals surface area contributed by atoms with Gasteiger partial charge in [-0.15, -0.1) is 0 Å². The van der Waals surface area contributed by atoms with Crippen LogP contribution in [0.3, 0.4) is 0 Å². The Labute approximate surface area is 152 Å². The van der Waals surface area contributed by atoms with E-state index in [-0.39, 0.29) is 31.4 Å². The zero-order valence-corrected chi connectivity index (χ0v) is 15.4. The molecule has 0 spiro atoms. The molecule has 0 N–H and O–H groups in total. The lowest BCUT2D eigenvalue weighted by molar-refractivity contribution is -0.137. The molecule has 1 aliphatic heterocycles. The molecular weight excluding hydrogens is 398 g/mol. The lowest BCUT2D eigenvalue weighted by Crippen LogP contribution is -2.29. The second-order valence-electron chi connectivity index (χ2n) is 4.71. The van der Waals surface area contributed by atoms with E-state index in [2.05, 4.69) is 15.9 Å². The number of benzene rings is 1. The highest BCUT2D eigenvalue weighted by Gasteiger charge is 2.27. The van der Waals surface area contributed by atoms with Crippen molar-refractivity contribution in [2.75, 3.05) is 25.5 Å². The number of amides is 1. The van der Waals surface area contributed by atoms with Gasteiger partial charge >= 0.3 is 11.9 Å². The number of ether oxygens (including phenoxy) is 2. The van der Waals surface area contributed by atoms with Gasteiger partial charge in [-0.3, -0.25) is 4.79 Å². The van der Waals surface area contributed by atoms with Crippen LogP contribution in [0.4, 0.5) is 0 Å². The van der Waals surface area contributed by atoms with Crippen molar-refractivity contribution in [1.29, 1.82) is 0 Å². The number of carbonyl (C=O) groups is 3. The summed E-state index contributed by atoms with van der Waals surface area (Å²) in [6.45, 7) is 2.21. The highest BCUT2D eigenvalue weighted by molar-refractivity contribution is 9.10. The third-order valence-electron chi connectivity index (χ3n) is 3.05. The Morgan fingerprint density at radius 3 is 2.88 bits per heavy atom. The molecule has 1 aliphatic rings. The number of hydrogen-bond donors (Lipinski definition) is 0. The van der Waals surface area contributed by atoms with Crippen LogP contribution >= 0.6 is 27.7 Å². The fraction of sp³-hybridized carbons (Fsp3) is 0.312. The SMILES string of the molecule is CCOC(=O)/C=C1\SCC(=O)N1CCOC(=O)c1cccc(Br)c1. The Morgan fingerprint density at radius 2 is 2.17 bits per heavy atom. The van der Waals surface area contributed by atoms with Crippen LogP contribution in [-0.2, 0) is 19.1 Å². The summed E-state index contributed by atoms with van der Waals surface area (Å²) < 4.78 is 10.8. The summed E-state index contributed by atoms with van der Waals surface area (Å²) in [5.74, 6) is -0.837. The van der Waals surface area contributed by atoms with Gasteiger partial charge in [0.1, 0.15) is 6.61 Å². The maximum Gasteiger partial charge on any atom is 0.338 e. The Hall–Kier alpha value is -1.80. The predicted molar refractivity (Wildman–Crippen MR) is 93.3 cm³/mol. The van der Waals surface area contributed by atoms with Gasteiger partial charge in [-0.25, -0.2) is 9.59 Å². The average molecular weight is 414 g/mol. The van der Waals surface area contributed by atoms with Crippen molar-refractivity contribution < 1.29 is 23.9 Å². The zero-order chi connectivity index (χ0) is 17.5. The normalized spacial score (nSPS) is 15.7. The topological polar surface area (TPSA) is 72.9 Å². The number of thioether (sulfide) groups is 1. The van der Waals surface area contributed by atoms with Gasteiger partial charge in [-0.1, -0.05) is 33.8 Å². The predicted octanol–water partition coefficient (Wildman–Crippen LogP) is 2.59. The van der Waals surface area contributed by atoms with E-state index < -0.39 is 11.9 Å². The number of halogens is 1. The van der Waals surface area contributed by atoms with Gasteiger partial charge in [-0.05, 0) is 25.1 Å². The second kappa shape index (κ2) is 8.89. The molecule has 0 aromatic heterocycles. The standard InChI is InChI=1S/C16H16BrNO5S/c1-2-22-15(20)9-14-18(13(19)10-24-14)6-7-23-16(21)11-4-3-5-12(17)8-11/h3-5,8-9H,2,6-7,10H2,1H3/b14-9-. The molecule has 1 aromatic carbocycles. The van der Waals surface area contributed by atoms with Crippen molar-refractivity contribution in [3.8, 4) is 0 Å². The van der Waals surface area contributed by atoms with E-state index in [1.54, 1.807) is 25.1 Å². The molecule has 2 rings (SSSR count). The number of esters is 2. The van der Waals surface area contributed by atoms with Crippen LogP contribution < -0.4 is 0 Å². The molecule has 128 valence electrons. The van der Waals surface area contributed by atoms with Crippen molar-refractivity contribution in [3.05, 3.63) is 45.4 Å². The molecule has 8 heteroatoms. The zero-order valence-electron chi connectivity index (χ0n) is 13.0. The number of hydrogen-bond acceptors (Lipinski definition) is 6. The number of nitrogens with zero attached hydrogens (tertiary/aromatic N) is 1. The van der Waals surface area contributed by atoms with Crippen LogP contribution in [0.1, 0.15) is 17.3 Å². The van der Waals surface area contributed by atoms with Crippen LogP contribution in [-0.4, -0.2) is 48.3 Å². The van der Waals surface area contributed by atoms with Crippen LogP contribution in [0.15, 0.2) is 39.8 Å². The first-order valence-electron chi connectivity index (χ1n) is 7.25. The van der Waals surface area contributed by atoms with E-state index in [1.807, 2.05) is 6.07 Å². The summed E-state index contributed by atoms with van der Waals surface area (Å²) in [4.78, 5) is 36.8. The Kier molecular flexibility index (Phi) is 6.86. The summed E-state index contributed by atoms with van der Waals surface area (Å²) in [5, 5.41) is 0.511. The first kappa shape index (κ1) is 18.5. The monoisotopic (exact) mass is 413 g/mol. The minimum absolute atomic E-state index is 0.0395. The maximum atomic E-state index is 12.0. The summed E-state index contributed by atoms with van der Waals surface area (Å²) >= 11 is 4.55. The highest BCUT2D eigenvalue weighted by atomic mass is 79.9. The van der Waals surface area contributed by atoms with Crippen molar-refractivity contribution in [3.63, 3.8) is 0 Å². The molecule has 0 radical (unpaired) electrons. The van der Waals surface area contributed by atoms with E-state index in [0.29, 0.717) is 10.6 Å². The Morgan fingerprint density at radius 1 is 1.38 bits per heavy atom. The maximum absolute atomic E-state index is 12.0. The molecule has 0 bridgehead atoms. The molecule has 0 atom stereocenters. The van der Waals surface area contributed by atoms with Gasteiger partial charge in [-0.2, -0.15) is 0 Å². The van der Waals surface area contributed by atoms with Crippen LogP contribution in [0, 0.1) is 0 Å². The highest BCUT2D eigenvalue weighted by Crippen LogP contribution is 2.28. The minimum atomic E-state index is -0.495. The second-order valence-corrected chi connectivity index (χ2v) is 6.63. The van der Waals surface area contributed by atoms with E-state index >= 15 is 0 Å². The molecule has 1 aromatic rings. The molecule has 0 aliphatic carbocycles. The lowest BCUT2D eigenvalue weighted by Gasteiger charge is -2.16. The van der Waals surface area contributed by atoms with E-state index in [0.717, 1.165) is 4.47 Å². The molecule has 1 fully saturated rings. The fourth-order valence-electron chi connectivity index (χ4n) is 1.98. The van der Waals surface area contributed by atoms with Gasteiger partial charge in [0.2, 0.25) is 5.91 Å². The fourth-order valence-corrected chi connectivity index (χ4v) is 3.34. The first-order valence-corrected chi connectivity index (χ1v) is 9.03. The summed E-state index contributed by atoms with van der Waals surface area (Å²) in [6.07, 6.45) is 1.29. The quantitative estimate of drug-likeness (QED) is 0.527. The lowest BCUT2D eigenvalue weighted by atomic mass is 10.2. The summed E-state index contributed by atoms with van der Waals surface area (Å²) in [6, 6.07) is 6.85. The molecule has 24 heavy (non-hydrogen) atoms.